The summed E-state index contributed by atoms with van der Waals surface area (Å²) >= 11 is 0. The molecular formula is C11H21ClN4. The SMILES string of the molecule is CC1(C)CN(Cc2ccn[nH]2)CCC1N.Cl. The molecule has 0 aliphatic carbocycles. The van der Waals surface area contributed by atoms with Crippen molar-refractivity contribution < 1.29 is 0 Å². The molecule has 3 N–H and O–H groups in total. The monoisotopic (exact) mass is 244 g/mol. The number of nitrogens with zero attached hydrogens (tertiary/aromatic N) is 2. The smallest absolute Gasteiger partial charge is 0.0492 e. The molecule has 5 heteroatoms. The average molecular weight is 245 g/mol. The van der Waals surface area contributed by atoms with E-state index in [4.69, 9.17) is 5.73 Å². The molecule has 1 aliphatic heterocycles. The highest BCUT2D eigenvalue weighted by Crippen LogP contribution is 2.28. The zero-order chi connectivity index (χ0) is 10.9. The van der Waals surface area contributed by atoms with E-state index in [1.165, 1.54) is 5.69 Å². The van der Waals surface area contributed by atoms with Gasteiger partial charge in [0.05, 0.1) is 0 Å². The van der Waals surface area contributed by atoms with Crippen molar-refractivity contribution in [1.82, 2.24) is 15.1 Å². The molecule has 1 aromatic rings. The molecule has 1 fully saturated rings. The number of nitrogens with one attached hydrogen (secondary N) is 1. The van der Waals surface area contributed by atoms with E-state index in [-0.39, 0.29) is 17.8 Å². The van der Waals surface area contributed by atoms with Crippen LogP contribution in [0, 0.1) is 5.41 Å². The topological polar surface area (TPSA) is 57.9 Å². The predicted molar refractivity (Wildman–Crippen MR) is 67.5 cm³/mol. The van der Waals surface area contributed by atoms with E-state index in [9.17, 15) is 0 Å². The molecule has 1 aliphatic rings. The zero-order valence-electron chi connectivity index (χ0n) is 9.94. The number of hydrogen-bond acceptors (Lipinski definition) is 3. The Hall–Kier alpha value is -0.580. The van der Waals surface area contributed by atoms with Crippen LogP contribution in [0.3, 0.4) is 0 Å². The fourth-order valence-corrected chi connectivity index (χ4v) is 2.23. The molecule has 0 aromatic carbocycles. The molecule has 1 saturated heterocycles. The van der Waals surface area contributed by atoms with Crippen LogP contribution in [0.25, 0.3) is 0 Å². The van der Waals surface area contributed by atoms with Gasteiger partial charge in [0.25, 0.3) is 0 Å². The van der Waals surface area contributed by atoms with Crippen LogP contribution in [0.5, 0.6) is 0 Å². The number of halogens is 1. The van der Waals surface area contributed by atoms with Crippen LogP contribution in [0.2, 0.25) is 0 Å². The van der Waals surface area contributed by atoms with Gasteiger partial charge in [-0.3, -0.25) is 10.00 Å². The lowest BCUT2D eigenvalue weighted by Gasteiger charge is -2.42. The highest BCUT2D eigenvalue weighted by Gasteiger charge is 2.33. The standard InChI is InChI=1S/C11H20N4.ClH/c1-11(2)8-15(6-4-10(11)12)7-9-3-5-13-14-9;/h3,5,10H,4,6-8,12H2,1-2H3,(H,13,14);1H. The minimum absolute atomic E-state index is 0. The van der Waals surface area contributed by atoms with Crippen LogP contribution >= 0.6 is 12.4 Å². The molecule has 16 heavy (non-hydrogen) atoms. The normalized spacial score (nSPS) is 25.1. The number of aromatic nitrogens is 2. The Balaban J connectivity index is 0.00000128. The molecule has 1 unspecified atom stereocenters. The number of nitrogens with two attached hydrogens (primary N) is 1. The highest BCUT2D eigenvalue weighted by atomic mass is 35.5. The average Bonchev–Trinajstić information content (AvgIpc) is 2.63. The summed E-state index contributed by atoms with van der Waals surface area (Å²) in [4.78, 5) is 2.44. The van der Waals surface area contributed by atoms with E-state index in [1.54, 1.807) is 6.20 Å². The maximum atomic E-state index is 6.10. The summed E-state index contributed by atoms with van der Waals surface area (Å²) in [6, 6.07) is 2.36. The van der Waals surface area contributed by atoms with Gasteiger partial charge < -0.3 is 5.73 Å². The van der Waals surface area contributed by atoms with Gasteiger partial charge in [-0.1, -0.05) is 13.8 Å². The van der Waals surface area contributed by atoms with Crippen molar-refractivity contribution in [3.8, 4) is 0 Å². The summed E-state index contributed by atoms with van der Waals surface area (Å²) in [5.74, 6) is 0. The largest absolute Gasteiger partial charge is 0.327 e. The van der Waals surface area contributed by atoms with E-state index in [1.807, 2.05) is 6.07 Å². The summed E-state index contributed by atoms with van der Waals surface area (Å²) in [6.45, 7) is 7.60. The maximum absolute atomic E-state index is 6.10. The number of H-pyrrole nitrogens is 1. The van der Waals surface area contributed by atoms with Crippen LogP contribution in [0.15, 0.2) is 12.3 Å². The first-order valence-corrected chi connectivity index (χ1v) is 5.54. The second-order valence-electron chi connectivity index (χ2n) is 5.18. The van der Waals surface area contributed by atoms with Crippen molar-refractivity contribution in [2.75, 3.05) is 13.1 Å². The molecular weight excluding hydrogens is 224 g/mol. The zero-order valence-corrected chi connectivity index (χ0v) is 10.8. The first-order valence-electron chi connectivity index (χ1n) is 5.54. The van der Waals surface area contributed by atoms with Gasteiger partial charge in [0, 0.05) is 37.6 Å². The Morgan fingerprint density at radius 3 is 2.94 bits per heavy atom. The lowest BCUT2D eigenvalue weighted by molar-refractivity contribution is 0.0889. The Bertz CT molecular complexity index is 310. The Morgan fingerprint density at radius 1 is 1.62 bits per heavy atom. The molecule has 92 valence electrons. The second kappa shape index (κ2) is 5.17. The molecule has 1 aromatic heterocycles. The van der Waals surface area contributed by atoms with Crippen LogP contribution in [-0.4, -0.2) is 34.2 Å². The third-order valence-electron chi connectivity index (χ3n) is 3.34. The van der Waals surface area contributed by atoms with Crippen molar-refractivity contribution in [3.05, 3.63) is 18.0 Å². The van der Waals surface area contributed by atoms with Crippen LogP contribution in [0.1, 0.15) is 26.0 Å². The maximum Gasteiger partial charge on any atom is 0.0492 e. The van der Waals surface area contributed by atoms with E-state index in [2.05, 4.69) is 28.9 Å². The van der Waals surface area contributed by atoms with Gasteiger partial charge in [0.2, 0.25) is 0 Å². The van der Waals surface area contributed by atoms with Crippen molar-refractivity contribution >= 4 is 12.4 Å². The molecule has 4 nitrogen and oxygen atoms in total. The highest BCUT2D eigenvalue weighted by molar-refractivity contribution is 5.85. The minimum atomic E-state index is 0. The fourth-order valence-electron chi connectivity index (χ4n) is 2.23. The lowest BCUT2D eigenvalue weighted by Crippen LogP contribution is -2.52. The van der Waals surface area contributed by atoms with Gasteiger partial charge in [0.1, 0.15) is 0 Å². The molecule has 0 amide bonds. The Labute approximate surface area is 103 Å². The van der Waals surface area contributed by atoms with Crippen molar-refractivity contribution in [1.29, 1.82) is 0 Å². The van der Waals surface area contributed by atoms with E-state index in [0.717, 1.165) is 26.1 Å². The number of likely N-dealkylation sites (tertiary alicyclic amines) is 1. The second-order valence-corrected chi connectivity index (χ2v) is 5.18. The first-order chi connectivity index (χ1) is 7.08. The van der Waals surface area contributed by atoms with E-state index >= 15 is 0 Å². The minimum Gasteiger partial charge on any atom is -0.327 e. The molecule has 0 bridgehead atoms. The molecule has 1 atom stereocenters. The summed E-state index contributed by atoms with van der Waals surface area (Å²) in [7, 11) is 0. The van der Waals surface area contributed by atoms with Crippen LogP contribution < -0.4 is 5.73 Å². The van der Waals surface area contributed by atoms with Gasteiger partial charge in [0.15, 0.2) is 0 Å². The lowest BCUT2D eigenvalue weighted by atomic mass is 9.80. The van der Waals surface area contributed by atoms with E-state index in [0.29, 0.717) is 6.04 Å². The first kappa shape index (κ1) is 13.5. The molecule has 0 saturated carbocycles. The molecule has 0 radical (unpaired) electrons. The quantitative estimate of drug-likeness (QED) is 0.827. The predicted octanol–water partition coefficient (Wildman–Crippen LogP) is 1.39. The fraction of sp³-hybridized carbons (Fsp3) is 0.727. The van der Waals surface area contributed by atoms with Crippen molar-refractivity contribution in [2.24, 2.45) is 11.1 Å². The van der Waals surface area contributed by atoms with Gasteiger partial charge in [-0.05, 0) is 17.9 Å². The summed E-state index contributed by atoms with van der Waals surface area (Å²) in [5.41, 5.74) is 7.50. The van der Waals surface area contributed by atoms with Crippen LogP contribution in [0.4, 0.5) is 0 Å². The summed E-state index contributed by atoms with van der Waals surface area (Å²) < 4.78 is 0. The number of piperidine rings is 1. The van der Waals surface area contributed by atoms with E-state index < -0.39 is 0 Å². The summed E-state index contributed by atoms with van der Waals surface area (Å²) in [6.07, 6.45) is 2.89. The number of rotatable bonds is 2. The van der Waals surface area contributed by atoms with Crippen molar-refractivity contribution in [2.45, 2.75) is 32.9 Å². The Morgan fingerprint density at radius 2 is 2.38 bits per heavy atom. The van der Waals surface area contributed by atoms with Gasteiger partial charge >= 0.3 is 0 Å². The summed E-state index contributed by atoms with van der Waals surface area (Å²) in [5, 5.41) is 6.96. The molecule has 2 rings (SSSR count). The number of aromatic amines is 1. The Kier molecular flexibility index (Phi) is 4.35. The van der Waals surface area contributed by atoms with Crippen LogP contribution in [-0.2, 0) is 6.54 Å². The molecule has 0 spiro atoms. The number of hydrogen-bond donors (Lipinski definition) is 2. The van der Waals surface area contributed by atoms with Gasteiger partial charge in [-0.25, -0.2) is 0 Å². The third kappa shape index (κ3) is 2.97. The van der Waals surface area contributed by atoms with Crippen molar-refractivity contribution in [3.63, 3.8) is 0 Å². The van der Waals surface area contributed by atoms with Gasteiger partial charge in [-0.2, -0.15) is 5.10 Å². The third-order valence-corrected chi connectivity index (χ3v) is 3.34. The molecule has 2 heterocycles. The van der Waals surface area contributed by atoms with Gasteiger partial charge in [-0.15, -0.1) is 12.4 Å².